The Kier molecular flexibility index (Phi) is 12.6. The second-order valence-electron chi connectivity index (χ2n) is 7.95. The van der Waals surface area contributed by atoms with Gasteiger partial charge in [0.05, 0.1) is 12.5 Å². The molecule has 9 N–H and O–H groups in total. The molecule has 0 aromatic heterocycles. The van der Waals surface area contributed by atoms with Crippen molar-refractivity contribution in [3.05, 3.63) is 0 Å². The van der Waals surface area contributed by atoms with Crippen molar-refractivity contribution in [2.24, 2.45) is 11.7 Å². The van der Waals surface area contributed by atoms with Crippen molar-refractivity contribution in [3.63, 3.8) is 0 Å². The van der Waals surface area contributed by atoms with Crippen molar-refractivity contribution < 1.29 is 49.2 Å². The summed E-state index contributed by atoms with van der Waals surface area (Å²) < 4.78 is 0. The summed E-state index contributed by atoms with van der Waals surface area (Å²) in [5, 5.41) is 43.0. The Morgan fingerprint density at radius 3 is 1.67 bits per heavy atom. The number of hydrogen-bond donors (Lipinski definition) is 8. The van der Waals surface area contributed by atoms with Crippen LogP contribution in [0, 0.1) is 5.92 Å². The Labute approximate surface area is 189 Å². The Morgan fingerprint density at radius 1 is 0.758 bits per heavy atom. The summed E-state index contributed by atoms with van der Waals surface area (Å²) in [4.78, 5) is 70.6. The summed E-state index contributed by atoms with van der Waals surface area (Å²) in [5.41, 5.74) is 5.48. The van der Waals surface area contributed by atoms with E-state index in [2.05, 4.69) is 16.0 Å². The fourth-order valence-corrected chi connectivity index (χ4v) is 2.64. The summed E-state index contributed by atoms with van der Waals surface area (Å²) >= 11 is 0. The van der Waals surface area contributed by atoms with E-state index in [1.807, 2.05) is 0 Å². The SMILES string of the molecule is CC(C)CC(NC(=O)C(CC(=O)O)NC(=O)C(N)C(C)O)C(=O)NC(CCC(=O)O)C(=O)O. The number of nitrogens with one attached hydrogen (secondary N) is 3. The van der Waals surface area contributed by atoms with Crippen molar-refractivity contribution in [1.82, 2.24) is 16.0 Å². The molecule has 0 radical (unpaired) electrons. The molecule has 0 aliphatic rings. The van der Waals surface area contributed by atoms with Gasteiger partial charge in [0.15, 0.2) is 0 Å². The minimum Gasteiger partial charge on any atom is -0.481 e. The molecule has 0 spiro atoms. The van der Waals surface area contributed by atoms with Crippen molar-refractivity contribution in [3.8, 4) is 0 Å². The van der Waals surface area contributed by atoms with Crippen molar-refractivity contribution >= 4 is 35.6 Å². The highest BCUT2D eigenvalue weighted by molar-refractivity contribution is 5.95. The summed E-state index contributed by atoms with van der Waals surface area (Å²) in [7, 11) is 0. The highest BCUT2D eigenvalue weighted by Crippen LogP contribution is 2.08. The average molecular weight is 476 g/mol. The average Bonchev–Trinajstić information content (AvgIpc) is 2.67. The first kappa shape index (κ1) is 29.7. The molecule has 5 atom stereocenters. The summed E-state index contributed by atoms with van der Waals surface area (Å²) in [6.07, 6.45) is -3.01. The fourth-order valence-electron chi connectivity index (χ4n) is 2.64. The molecule has 0 saturated carbocycles. The van der Waals surface area contributed by atoms with E-state index in [1.54, 1.807) is 13.8 Å². The largest absolute Gasteiger partial charge is 0.481 e. The molecule has 14 heteroatoms. The Balaban J connectivity index is 5.54. The number of carbonyl (C=O) groups excluding carboxylic acids is 3. The van der Waals surface area contributed by atoms with E-state index in [9.17, 15) is 39.0 Å². The van der Waals surface area contributed by atoms with E-state index in [0.717, 1.165) is 0 Å². The maximum Gasteiger partial charge on any atom is 0.326 e. The van der Waals surface area contributed by atoms with Crippen LogP contribution in [0.15, 0.2) is 0 Å². The molecular formula is C19H32N4O10. The third-order valence-corrected chi connectivity index (χ3v) is 4.44. The standard InChI is InChI=1S/C19H32N4O10/c1-8(2)6-11(16(29)21-10(19(32)33)4-5-13(25)26)22-17(30)12(7-14(27)28)23-18(31)15(20)9(3)24/h8-12,15,24H,4-7,20H2,1-3H3,(H,21,29)(H,22,30)(H,23,31)(H,25,26)(H,27,28)(H,32,33). The van der Waals surface area contributed by atoms with Gasteiger partial charge in [-0.05, 0) is 25.7 Å². The quantitative estimate of drug-likeness (QED) is 0.124. The molecule has 0 aromatic rings. The molecule has 0 aromatic carbocycles. The zero-order valence-electron chi connectivity index (χ0n) is 18.6. The number of carboxylic acids is 3. The molecule has 0 heterocycles. The lowest BCUT2D eigenvalue weighted by molar-refractivity contribution is -0.144. The van der Waals surface area contributed by atoms with Crippen LogP contribution < -0.4 is 21.7 Å². The van der Waals surface area contributed by atoms with Gasteiger partial charge in [0.1, 0.15) is 24.2 Å². The van der Waals surface area contributed by atoms with E-state index in [1.165, 1.54) is 6.92 Å². The third kappa shape index (κ3) is 11.8. The van der Waals surface area contributed by atoms with Crippen LogP contribution in [0.1, 0.15) is 46.5 Å². The number of aliphatic hydroxyl groups is 1. The third-order valence-electron chi connectivity index (χ3n) is 4.44. The summed E-state index contributed by atoms with van der Waals surface area (Å²) in [6.45, 7) is 4.65. The van der Waals surface area contributed by atoms with Crippen LogP contribution in [0.2, 0.25) is 0 Å². The number of carbonyl (C=O) groups is 6. The van der Waals surface area contributed by atoms with Gasteiger partial charge in [-0.25, -0.2) is 4.79 Å². The van der Waals surface area contributed by atoms with Gasteiger partial charge in [0.2, 0.25) is 17.7 Å². The lowest BCUT2D eigenvalue weighted by Crippen LogP contribution is -2.58. The summed E-state index contributed by atoms with van der Waals surface area (Å²) in [5.74, 6) is -7.29. The van der Waals surface area contributed by atoms with Crippen LogP contribution in [0.3, 0.4) is 0 Å². The second kappa shape index (κ2) is 14.0. The molecule has 3 amide bonds. The topological polar surface area (TPSA) is 245 Å². The van der Waals surface area contributed by atoms with Gasteiger partial charge < -0.3 is 42.1 Å². The summed E-state index contributed by atoms with van der Waals surface area (Å²) in [6, 6.07) is -5.90. The van der Waals surface area contributed by atoms with Gasteiger partial charge in [-0.3, -0.25) is 24.0 Å². The Bertz CT molecular complexity index is 740. The fraction of sp³-hybridized carbons (Fsp3) is 0.684. The second-order valence-corrected chi connectivity index (χ2v) is 7.95. The molecule has 5 unspecified atom stereocenters. The minimum absolute atomic E-state index is 0.0315. The van der Waals surface area contributed by atoms with E-state index >= 15 is 0 Å². The van der Waals surface area contributed by atoms with Crippen LogP contribution in [-0.2, 0) is 28.8 Å². The van der Waals surface area contributed by atoms with Gasteiger partial charge in [0, 0.05) is 6.42 Å². The van der Waals surface area contributed by atoms with Crippen LogP contribution in [0.5, 0.6) is 0 Å². The number of aliphatic carboxylic acids is 3. The number of aliphatic hydroxyl groups excluding tert-OH is 1. The minimum atomic E-state index is -1.63. The van der Waals surface area contributed by atoms with E-state index in [4.69, 9.17) is 15.9 Å². The number of nitrogens with two attached hydrogens (primary N) is 1. The van der Waals surface area contributed by atoms with Crippen LogP contribution in [0.4, 0.5) is 0 Å². The number of rotatable bonds is 15. The first-order valence-electron chi connectivity index (χ1n) is 10.2. The molecule has 0 fully saturated rings. The molecule has 188 valence electrons. The van der Waals surface area contributed by atoms with E-state index < -0.39 is 85.2 Å². The van der Waals surface area contributed by atoms with E-state index in [0.29, 0.717) is 0 Å². The first-order valence-corrected chi connectivity index (χ1v) is 10.2. The van der Waals surface area contributed by atoms with Crippen LogP contribution >= 0.6 is 0 Å². The van der Waals surface area contributed by atoms with Gasteiger partial charge in [-0.2, -0.15) is 0 Å². The number of amides is 3. The molecule has 0 bridgehead atoms. The molecule has 14 nitrogen and oxygen atoms in total. The van der Waals surface area contributed by atoms with Gasteiger partial charge in [-0.15, -0.1) is 0 Å². The van der Waals surface area contributed by atoms with Crippen molar-refractivity contribution in [1.29, 1.82) is 0 Å². The van der Waals surface area contributed by atoms with Crippen LogP contribution in [0.25, 0.3) is 0 Å². The zero-order valence-corrected chi connectivity index (χ0v) is 18.6. The molecule has 0 aliphatic carbocycles. The first-order chi connectivity index (χ1) is 15.1. The molecule has 0 aliphatic heterocycles. The molecular weight excluding hydrogens is 444 g/mol. The Morgan fingerprint density at radius 2 is 1.24 bits per heavy atom. The molecule has 0 saturated heterocycles. The highest BCUT2D eigenvalue weighted by atomic mass is 16.4. The number of hydrogen-bond acceptors (Lipinski definition) is 8. The maximum absolute atomic E-state index is 12.7. The molecule has 33 heavy (non-hydrogen) atoms. The number of carboxylic acid groups (broad SMARTS) is 3. The maximum atomic E-state index is 12.7. The normalized spacial score (nSPS) is 15.5. The zero-order chi connectivity index (χ0) is 25.9. The van der Waals surface area contributed by atoms with Crippen LogP contribution in [-0.4, -0.2) is 86.3 Å². The predicted molar refractivity (Wildman–Crippen MR) is 112 cm³/mol. The van der Waals surface area contributed by atoms with Gasteiger partial charge in [0.25, 0.3) is 0 Å². The Hall–Kier alpha value is -3.26. The monoisotopic (exact) mass is 476 g/mol. The van der Waals surface area contributed by atoms with Gasteiger partial charge >= 0.3 is 17.9 Å². The predicted octanol–water partition coefficient (Wildman–Crippen LogP) is -2.38. The lowest BCUT2D eigenvalue weighted by atomic mass is 10.0. The smallest absolute Gasteiger partial charge is 0.326 e. The molecule has 0 rings (SSSR count). The van der Waals surface area contributed by atoms with Gasteiger partial charge in [-0.1, -0.05) is 13.8 Å². The van der Waals surface area contributed by atoms with E-state index in [-0.39, 0.29) is 12.3 Å². The van der Waals surface area contributed by atoms with Crippen molar-refractivity contribution in [2.75, 3.05) is 0 Å². The van der Waals surface area contributed by atoms with Crippen molar-refractivity contribution in [2.45, 2.75) is 76.7 Å². The highest BCUT2D eigenvalue weighted by Gasteiger charge is 2.32. The lowest BCUT2D eigenvalue weighted by Gasteiger charge is -2.25.